The van der Waals surface area contributed by atoms with E-state index in [4.69, 9.17) is 4.74 Å². The molecule has 0 spiro atoms. The summed E-state index contributed by atoms with van der Waals surface area (Å²) < 4.78 is 5.79. The second kappa shape index (κ2) is 5.12. The Labute approximate surface area is 132 Å². The molecule has 118 valence electrons. The van der Waals surface area contributed by atoms with Crippen LogP contribution in [-0.4, -0.2) is 53.2 Å². The first-order chi connectivity index (χ1) is 11.2. The van der Waals surface area contributed by atoms with Crippen molar-refractivity contribution in [2.24, 2.45) is 0 Å². The highest BCUT2D eigenvalue weighted by atomic mass is 16.5. The van der Waals surface area contributed by atoms with Crippen LogP contribution in [0.4, 0.5) is 5.69 Å². The van der Waals surface area contributed by atoms with E-state index in [1.54, 1.807) is 23.0 Å². The number of carbonyl (C=O) groups is 2. The van der Waals surface area contributed by atoms with Gasteiger partial charge in [0.25, 0.3) is 11.8 Å². The Kier molecular flexibility index (Phi) is 3.07. The third-order valence-electron chi connectivity index (χ3n) is 4.42. The van der Waals surface area contributed by atoms with Crippen LogP contribution < -0.4 is 9.64 Å². The van der Waals surface area contributed by atoms with Crippen molar-refractivity contribution in [3.8, 4) is 5.75 Å². The van der Waals surface area contributed by atoms with E-state index < -0.39 is 6.04 Å². The maximum atomic E-state index is 12.8. The molecule has 1 atom stereocenters. The molecule has 1 aromatic carbocycles. The molecule has 1 aromatic heterocycles. The van der Waals surface area contributed by atoms with Crippen molar-refractivity contribution in [3.05, 3.63) is 41.7 Å². The molecular weight excluding hydrogens is 296 g/mol. The van der Waals surface area contributed by atoms with Crippen LogP contribution in [0.25, 0.3) is 0 Å². The lowest BCUT2D eigenvalue weighted by molar-refractivity contribution is -0.123. The quantitative estimate of drug-likeness (QED) is 0.846. The number of fused-ring (bicyclic) bond motifs is 2. The SMILES string of the molecule is CN1C(=O)C(N2CCc3c[nH]nc3C2=O)COc2ccccc21. The molecule has 0 aliphatic carbocycles. The largest absolute Gasteiger partial charge is 0.489 e. The predicted molar refractivity (Wildman–Crippen MR) is 82.5 cm³/mol. The minimum atomic E-state index is -0.648. The topological polar surface area (TPSA) is 78.5 Å². The Morgan fingerprint density at radius 1 is 1.30 bits per heavy atom. The zero-order chi connectivity index (χ0) is 16.0. The van der Waals surface area contributed by atoms with Gasteiger partial charge in [-0.25, -0.2) is 0 Å². The van der Waals surface area contributed by atoms with Crippen LogP contribution in [0.15, 0.2) is 30.5 Å². The number of nitrogens with one attached hydrogen (secondary N) is 1. The number of anilines is 1. The normalized spacial score (nSPS) is 20.7. The molecule has 1 N–H and O–H groups in total. The van der Waals surface area contributed by atoms with E-state index in [1.165, 1.54) is 0 Å². The van der Waals surface area contributed by atoms with Gasteiger partial charge >= 0.3 is 0 Å². The maximum absolute atomic E-state index is 12.8. The lowest BCUT2D eigenvalue weighted by atomic mass is 10.0. The first kappa shape index (κ1) is 13.8. The molecule has 2 amide bonds. The van der Waals surface area contributed by atoms with E-state index in [1.807, 2.05) is 24.3 Å². The van der Waals surface area contributed by atoms with Crippen molar-refractivity contribution < 1.29 is 14.3 Å². The number of nitrogens with zero attached hydrogens (tertiary/aromatic N) is 3. The number of ether oxygens (including phenoxy) is 1. The van der Waals surface area contributed by atoms with Crippen molar-refractivity contribution >= 4 is 17.5 Å². The molecule has 2 aliphatic rings. The second-order valence-electron chi connectivity index (χ2n) is 5.70. The lowest BCUT2D eigenvalue weighted by Crippen LogP contribution is -2.54. The van der Waals surface area contributed by atoms with E-state index in [-0.39, 0.29) is 18.4 Å². The first-order valence-electron chi connectivity index (χ1n) is 7.50. The number of hydrogen-bond donors (Lipinski definition) is 1. The fourth-order valence-electron chi connectivity index (χ4n) is 3.13. The van der Waals surface area contributed by atoms with Crippen molar-refractivity contribution in [2.75, 3.05) is 25.1 Å². The third-order valence-corrected chi connectivity index (χ3v) is 4.42. The first-order valence-corrected chi connectivity index (χ1v) is 7.50. The maximum Gasteiger partial charge on any atom is 0.275 e. The van der Waals surface area contributed by atoms with Gasteiger partial charge in [0.05, 0.1) is 5.69 Å². The number of rotatable bonds is 1. The lowest BCUT2D eigenvalue weighted by Gasteiger charge is -2.33. The number of hydrogen-bond acceptors (Lipinski definition) is 4. The van der Waals surface area contributed by atoms with Gasteiger partial charge in [0.2, 0.25) is 0 Å². The van der Waals surface area contributed by atoms with Crippen LogP contribution in [-0.2, 0) is 11.2 Å². The molecule has 2 aliphatic heterocycles. The van der Waals surface area contributed by atoms with Crippen LogP contribution >= 0.6 is 0 Å². The summed E-state index contributed by atoms with van der Waals surface area (Å²) in [7, 11) is 1.71. The smallest absolute Gasteiger partial charge is 0.275 e. The molecule has 3 heterocycles. The van der Waals surface area contributed by atoms with Crippen LogP contribution in [0.1, 0.15) is 16.1 Å². The molecule has 23 heavy (non-hydrogen) atoms. The van der Waals surface area contributed by atoms with Gasteiger partial charge in [0.1, 0.15) is 18.4 Å². The van der Waals surface area contributed by atoms with Gasteiger partial charge in [0.15, 0.2) is 5.69 Å². The van der Waals surface area contributed by atoms with Gasteiger partial charge in [-0.1, -0.05) is 12.1 Å². The average Bonchev–Trinajstić information content (AvgIpc) is 3.01. The van der Waals surface area contributed by atoms with E-state index in [9.17, 15) is 9.59 Å². The minimum Gasteiger partial charge on any atom is -0.489 e. The zero-order valence-corrected chi connectivity index (χ0v) is 12.7. The zero-order valence-electron chi connectivity index (χ0n) is 12.7. The molecule has 0 saturated heterocycles. The van der Waals surface area contributed by atoms with Crippen LogP contribution in [0.2, 0.25) is 0 Å². The van der Waals surface area contributed by atoms with E-state index in [0.29, 0.717) is 30.1 Å². The van der Waals surface area contributed by atoms with E-state index in [2.05, 4.69) is 10.2 Å². The molecule has 1 unspecified atom stereocenters. The molecule has 0 bridgehead atoms. The van der Waals surface area contributed by atoms with E-state index in [0.717, 1.165) is 5.56 Å². The molecular formula is C16H16N4O3. The highest BCUT2D eigenvalue weighted by Gasteiger charge is 2.39. The van der Waals surface area contributed by atoms with Crippen LogP contribution in [0, 0.1) is 0 Å². The Hall–Kier alpha value is -2.83. The number of H-pyrrole nitrogens is 1. The third kappa shape index (κ3) is 2.08. The fraction of sp³-hybridized carbons (Fsp3) is 0.312. The highest BCUT2D eigenvalue weighted by molar-refractivity contribution is 6.03. The molecule has 0 radical (unpaired) electrons. The van der Waals surface area contributed by atoms with E-state index >= 15 is 0 Å². The number of amides is 2. The Morgan fingerprint density at radius 3 is 3.00 bits per heavy atom. The molecule has 0 saturated carbocycles. The summed E-state index contributed by atoms with van der Waals surface area (Å²) in [5.41, 5.74) is 2.00. The summed E-state index contributed by atoms with van der Waals surface area (Å²) >= 11 is 0. The van der Waals surface area contributed by atoms with Crippen molar-refractivity contribution in [1.82, 2.24) is 15.1 Å². The Morgan fingerprint density at radius 2 is 2.13 bits per heavy atom. The predicted octanol–water partition coefficient (Wildman–Crippen LogP) is 0.832. The van der Waals surface area contributed by atoms with Crippen LogP contribution in [0.5, 0.6) is 5.75 Å². The number of aromatic amines is 1. The van der Waals surface area contributed by atoms with Crippen LogP contribution in [0.3, 0.4) is 0 Å². The summed E-state index contributed by atoms with van der Waals surface area (Å²) in [6.07, 6.45) is 2.41. The number of para-hydroxylation sites is 2. The summed E-state index contributed by atoms with van der Waals surface area (Å²) in [5, 5.41) is 6.72. The molecule has 0 fully saturated rings. The van der Waals surface area contributed by atoms with Gasteiger partial charge < -0.3 is 14.5 Å². The Balaban J connectivity index is 1.66. The number of benzene rings is 1. The highest BCUT2D eigenvalue weighted by Crippen LogP contribution is 2.31. The summed E-state index contributed by atoms with van der Waals surface area (Å²) in [4.78, 5) is 28.6. The average molecular weight is 312 g/mol. The summed E-state index contributed by atoms with van der Waals surface area (Å²) in [6, 6.07) is 6.73. The van der Waals surface area contributed by atoms with Gasteiger partial charge in [-0.05, 0) is 18.6 Å². The van der Waals surface area contributed by atoms with Crippen molar-refractivity contribution in [1.29, 1.82) is 0 Å². The standard InChI is InChI=1S/C16H16N4O3/c1-19-11-4-2-3-5-13(11)23-9-12(15(19)21)20-7-6-10-8-17-18-14(10)16(20)22/h2-5,8,12H,6-7,9H2,1H3,(H,17,18). The van der Waals surface area contributed by atoms with Crippen molar-refractivity contribution in [2.45, 2.75) is 12.5 Å². The van der Waals surface area contributed by atoms with Crippen molar-refractivity contribution in [3.63, 3.8) is 0 Å². The number of carbonyl (C=O) groups excluding carboxylic acids is 2. The van der Waals surface area contributed by atoms with Gasteiger partial charge in [0, 0.05) is 25.4 Å². The summed E-state index contributed by atoms with van der Waals surface area (Å²) in [6.45, 7) is 0.626. The molecule has 7 nitrogen and oxygen atoms in total. The fourth-order valence-corrected chi connectivity index (χ4v) is 3.13. The monoisotopic (exact) mass is 312 g/mol. The second-order valence-corrected chi connectivity index (χ2v) is 5.70. The van der Waals surface area contributed by atoms with Gasteiger partial charge in [-0.2, -0.15) is 5.10 Å². The molecule has 2 aromatic rings. The molecule has 7 heteroatoms. The minimum absolute atomic E-state index is 0.145. The molecule has 4 rings (SSSR count). The Bertz CT molecular complexity index is 785. The van der Waals surface area contributed by atoms with Gasteiger partial charge in [-0.15, -0.1) is 0 Å². The number of likely N-dealkylation sites (N-methyl/N-ethyl adjacent to an activating group) is 1. The van der Waals surface area contributed by atoms with Gasteiger partial charge in [-0.3, -0.25) is 14.7 Å². The number of aromatic nitrogens is 2. The summed E-state index contributed by atoms with van der Waals surface area (Å²) in [5.74, 6) is 0.270.